The first-order valence-corrected chi connectivity index (χ1v) is 7.09. The van der Waals surface area contributed by atoms with Crippen LogP contribution in [0.25, 0.3) is 0 Å². The molecule has 0 aliphatic heterocycles. The average molecular weight is 226 g/mol. The summed E-state index contributed by atoms with van der Waals surface area (Å²) >= 11 is 0. The molecule has 2 heteroatoms. The molecular weight excluding hydrogens is 196 g/mol. The number of nitrogens with zero attached hydrogens (tertiary/aromatic N) is 1. The Bertz CT molecular complexity index is 193. The van der Waals surface area contributed by atoms with Crippen LogP contribution in [0.2, 0.25) is 0 Å². The van der Waals surface area contributed by atoms with E-state index in [0.717, 1.165) is 19.0 Å². The van der Waals surface area contributed by atoms with Crippen molar-refractivity contribution in [3.05, 3.63) is 0 Å². The van der Waals surface area contributed by atoms with Crippen molar-refractivity contribution in [1.29, 1.82) is 0 Å². The van der Waals surface area contributed by atoms with E-state index in [0.29, 0.717) is 5.54 Å². The van der Waals surface area contributed by atoms with E-state index in [-0.39, 0.29) is 0 Å². The molecule has 0 amide bonds. The van der Waals surface area contributed by atoms with Gasteiger partial charge in [0.2, 0.25) is 0 Å². The number of hydrogen-bond acceptors (Lipinski definition) is 2. The molecule has 0 aromatic rings. The summed E-state index contributed by atoms with van der Waals surface area (Å²) in [4.78, 5) is 2.49. The Morgan fingerprint density at radius 2 is 2.00 bits per heavy atom. The maximum Gasteiger partial charge on any atom is 0.0328 e. The Kier molecular flexibility index (Phi) is 5.77. The monoisotopic (exact) mass is 226 g/mol. The van der Waals surface area contributed by atoms with E-state index >= 15 is 0 Å². The van der Waals surface area contributed by atoms with E-state index < -0.39 is 0 Å². The smallest absolute Gasteiger partial charge is 0.0328 e. The van der Waals surface area contributed by atoms with E-state index in [1.165, 1.54) is 44.9 Å². The van der Waals surface area contributed by atoms with Gasteiger partial charge in [-0.3, -0.25) is 4.90 Å². The van der Waals surface area contributed by atoms with Crippen LogP contribution in [0.3, 0.4) is 0 Å². The second-order valence-electron chi connectivity index (χ2n) is 5.53. The minimum Gasteiger partial charge on any atom is -0.329 e. The molecule has 0 aromatic heterocycles. The Labute approximate surface area is 102 Å². The van der Waals surface area contributed by atoms with Crippen LogP contribution < -0.4 is 5.73 Å². The Balaban J connectivity index is 2.60. The standard InChI is InChI=1S/C14H30N2/c1-4-7-13-8-6-10-14(12-15,11-9-13)16(3)5-2/h13H,4-12,15H2,1-3H3. The van der Waals surface area contributed by atoms with Crippen LogP contribution in [-0.4, -0.2) is 30.6 Å². The fraction of sp³-hybridized carbons (Fsp3) is 1.00. The molecule has 0 bridgehead atoms. The van der Waals surface area contributed by atoms with Gasteiger partial charge in [-0.15, -0.1) is 0 Å². The summed E-state index contributed by atoms with van der Waals surface area (Å²) in [7, 11) is 2.24. The first kappa shape index (κ1) is 14.0. The minimum absolute atomic E-state index is 0.303. The van der Waals surface area contributed by atoms with E-state index in [9.17, 15) is 0 Å². The van der Waals surface area contributed by atoms with Gasteiger partial charge in [0, 0.05) is 12.1 Å². The summed E-state index contributed by atoms with van der Waals surface area (Å²) in [6, 6.07) is 0. The van der Waals surface area contributed by atoms with Gasteiger partial charge in [0.1, 0.15) is 0 Å². The molecule has 2 N–H and O–H groups in total. The van der Waals surface area contributed by atoms with Gasteiger partial charge in [0.25, 0.3) is 0 Å². The average Bonchev–Trinajstić information content (AvgIpc) is 2.52. The van der Waals surface area contributed by atoms with Gasteiger partial charge in [-0.25, -0.2) is 0 Å². The molecule has 1 fully saturated rings. The van der Waals surface area contributed by atoms with Crippen LogP contribution in [0.5, 0.6) is 0 Å². The molecule has 0 spiro atoms. The first-order chi connectivity index (χ1) is 7.68. The molecule has 96 valence electrons. The topological polar surface area (TPSA) is 29.3 Å². The lowest BCUT2D eigenvalue weighted by atomic mass is 9.87. The first-order valence-electron chi connectivity index (χ1n) is 7.09. The zero-order chi connectivity index (χ0) is 12.0. The van der Waals surface area contributed by atoms with E-state index in [2.05, 4.69) is 25.8 Å². The summed E-state index contributed by atoms with van der Waals surface area (Å²) in [6.07, 6.45) is 9.53. The third-order valence-electron chi connectivity index (χ3n) is 4.63. The minimum atomic E-state index is 0.303. The third kappa shape index (κ3) is 3.21. The van der Waals surface area contributed by atoms with Gasteiger partial charge < -0.3 is 5.73 Å². The van der Waals surface area contributed by atoms with Crippen molar-refractivity contribution in [3.63, 3.8) is 0 Å². The second-order valence-corrected chi connectivity index (χ2v) is 5.53. The van der Waals surface area contributed by atoms with Gasteiger partial charge in [0.05, 0.1) is 0 Å². The molecule has 0 radical (unpaired) electrons. The van der Waals surface area contributed by atoms with Crippen LogP contribution in [0.4, 0.5) is 0 Å². The zero-order valence-electron chi connectivity index (χ0n) is 11.5. The van der Waals surface area contributed by atoms with Gasteiger partial charge in [-0.1, -0.05) is 39.5 Å². The van der Waals surface area contributed by atoms with Crippen molar-refractivity contribution in [1.82, 2.24) is 4.90 Å². The highest BCUT2D eigenvalue weighted by Crippen LogP contribution is 2.35. The van der Waals surface area contributed by atoms with Crippen molar-refractivity contribution in [2.75, 3.05) is 20.1 Å². The largest absolute Gasteiger partial charge is 0.329 e. The predicted octanol–water partition coefficient (Wildman–Crippen LogP) is 3.02. The van der Waals surface area contributed by atoms with Crippen LogP contribution >= 0.6 is 0 Å². The van der Waals surface area contributed by atoms with Crippen LogP contribution in [0.15, 0.2) is 0 Å². The molecule has 0 heterocycles. The highest BCUT2D eigenvalue weighted by molar-refractivity contribution is 4.92. The zero-order valence-corrected chi connectivity index (χ0v) is 11.5. The fourth-order valence-electron chi connectivity index (χ4n) is 3.24. The molecular formula is C14H30N2. The molecule has 1 aliphatic carbocycles. The molecule has 1 saturated carbocycles. The van der Waals surface area contributed by atoms with Gasteiger partial charge in [0.15, 0.2) is 0 Å². The number of hydrogen-bond donors (Lipinski definition) is 1. The summed E-state index contributed by atoms with van der Waals surface area (Å²) < 4.78 is 0. The summed E-state index contributed by atoms with van der Waals surface area (Å²) in [5, 5.41) is 0. The Morgan fingerprint density at radius 3 is 2.56 bits per heavy atom. The quantitative estimate of drug-likeness (QED) is 0.730. The molecule has 2 unspecified atom stereocenters. The molecule has 0 aromatic carbocycles. The highest BCUT2D eigenvalue weighted by Gasteiger charge is 2.34. The number of nitrogens with two attached hydrogens (primary N) is 1. The van der Waals surface area contributed by atoms with Crippen molar-refractivity contribution in [2.24, 2.45) is 11.7 Å². The van der Waals surface area contributed by atoms with Crippen LogP contribution in [0.1, 0.15) is 58.8 Å². The lowest BCUT2D eigenvalue weighted by molar-refractivity contribution is 0.112. The third-order valence-corrected chi connectivity index (χ3v) is 4.63. The summed E-state index contributed by atoms with van der Waals surface area (Å²) in [5.74, 6) is 0.962. The van der Waals surface area contributed by atoms with Crippen molar-refractivity contribution in [3.8, 4) is 0 Å². The predicted molar refractivity (Wildman–Crippen MR) is 71.6 cm³/mol. The maximum absolute atomic E-state index is 6.06. The van der Waals surface area contributed by atoms with Crippen LogP contribution in [0, 0.1) is 5.92 Å². The van der Waals surface area contributed by atoms with E-state index in [1.807, 2.05) is 0 Å². The van der Waals surface area contributed by atoms with E-state index in [1.54, 1.807) is 0 Å². The molecule has 2 atom stereocenters. The lowest BCUT2D eigenvalue weighted by Gasteiger charge is -2.40. The van der Waals surface area contributed by atoms with Crippen LogP contribution in [-0.2, 0) is 0 Å². The Morgan fingerprint density at radius 1 is 1.25 bits per heavy atom. The summed E-state index contributed by atoms with van der Waals surface area (Å²) in [5.41, 5.74) is 6.36. The summed E-state index contributed by atoms with van der Waals surface area (Å²) in [6.45, 7) is 6.50. The number of rotatable bonds is 5. The van der Waals surface area contributed by atoms with E-state index in [4.69, 9.17) is 5.73 Å². The van der Waals surface area contributed by atoms with Gasteiger partial charge in [-0.05, 0) is 38.8 Å². The normalized spacial score (nSPS) is 31.7. The van der Waals surface area contributed by atoms with Gasteiger partial charge >= 0.3 is 0 Å². The van der Waals surface area contributed by atoms with Gasteiger partial charge in [-0.2, -0.15) is 0 Å². The molecule has 2 nitrogen and oxygen atoms in total. The molecule has 16 heavy (non-hydrogen) atoms. The second kappa shape index (κ2) is 6.61. The molecule has 0 saturated heterocycles. The fourth-order valence-corrected chi connectivity index (χ4v) is 3.24. The lowest BCUT2D eigenvalue weighted by Crippen LogP contribution is -2.51. The number of likely N-dealkylation sites (N-methyl/N-ethyl adjacent to an activating group) is 1. The molecule has 1 rings (SSSR count). The maximum atomic E-state index is 6.06. The highest BCUT2D eigenvalue weighted by atomic mass is 15.2. The Hall–Kier alpha value is -0.0800. The van der Waals surface area contributed by atoms with Crippen molar-refractivity contribution >= 4 is 0 Å². The SMILES string of the molecule is CCCC1CCCC(CN)(N(C)CC)CC1. The van der Waals surface area contributed by atoms with Crippen molar-refractivity contribution in [2.45, 2.75) is 64.3 Å². The molecule has 1 aliphatic rings. The van der Waals surface area contributed by atoms with Crippen molar-refractivity contribution < 1.29 is 0 Å².